The van der Waals surface area contributed by atoms with Gasteiger partial charge >= 0.3 is 0 Å². The Bertz CT molecular complexity index is 895. The van der Waals surface area contributed by atoms with Gasteiger partial charge in [-0.05, 0) is 55.0 Å². The lowest BCUT2D eigenvalue weighted by Crippen LogP contribution is -2.12. The van der Waals surface area contributed by atoms with Crippen molar-refractivity contribution in [2.45, 2.75) is 11.8 Å². The first-order chi connectivity index (χ1) is 10.4. The molecule has 2 aromatic heterocycles. The van der Waals surface area contributed by atoms with Gasteiger partial charge in [-0.25, -0.2) is 13.6 Å². The van der Waals surface area contributed by atoms with E-state index >= 15 is 0 Å². The minimum Gasteiger partial charge on any atom is -0.315 e. The van der Waals surface area contributed by atoms with E-state index in [4.69, 9.17) is 5.14 Å². The summed E-state index contributed by atoms with van der Waals surface area (Å²) in [4.78, 5) is 4.52. The van der Waals surface area contributed by atoms with Crippen LogP contribution in [0.5, 0.6) is 0 Å². The van der Waals surface area contributed by atoms with Gasteiger partial charge in [-0.3, -0.25) is 4.98 Å². The van der Waals surface area contributed by atoms with E-state index in [9.17, 15) is 8.42 Å². The van der Waals surface area contributed by atoms with Crippen LogP contribution in [0.25, 0.3) is 17.1 Å². The minimum absolute atomic E-state index is 0.0958. The molecule has 0 fully saturated rings. The average Bonchev–Trinajstić information content (AvgIpc) is 2.97. The van der Waals surface area contributed by atoms with Crippen LogP contribution in [0, 0.1) is 6.92 Å². The molecule has 2 heterocycles. The maximum absolute atomic E-state index is 11.3. The van der Waals surface area contributed by atoms with Gasteiger partial charge < -0.3 is 4.57 Å². The van der Waals surface area contributed by atoms with E-state index < -0.39 is 10.0 Å². The average molecular weight is 313 g/mol. The van der Waals surface area contributed by atoms with Crippen molar-refractivity contribution < 1.29 is 8.42 Å². The van der Waals surface area contributed by atoms with Crippen molar-refractivity contribution in [3.8, 4) is 17.1 Å². The predicted molar refractivity (Wildman–Crippen MR) is 85.1 cm³/mol. The zero-order chi connectivity index (χ0) is 15.7. The molecule has 0 unspecified atom stereocenters. The lowest BCUT2D eigenvalue weighted by molar-refractivity contribution is 0.598. The molecule has 0 atom stereocenters. The molecule has 0 radical (unpaired) electrons. The second-order valence-corrected chi connectivity index (χ2v) is 6.58. The third-order valence-corrected chi connectivity index (χ3v) is 4.30. The van der Waals surface area contributed by atoms with Crippen LogP contribution < -0.4 is 5.14 Å². The minimum atomic E-state index is -3.68. The normalized spacial score (nSPS) is 11.5. The number of pyridine rings is 1. The molecule has 3 aromatic rings. The van der Waals surface area contributed by atoms with Gasteiger partial charge in [-0.1, -0.05) is 6.07 Å². The monoisotopic (exact) mass is 313 g/mol. The number of sulfonamides is 1. The summed E-state index contributed by atoms with van der Waals surface area (Å²) in [7, 11) is -3.68. The number of nitrogens with zero attached hydrogens (tertiary/aromatic N) is 2. The van der Waals surface area contributed by atoms with Crippen LogP contribution in [0.1, 0.15) is 5.56 Å². The van der Waals surface area contributed by atoms with E-state index in [0.717, 1.165) is 22.6 Å². The van der Waals surface area contributed by atoms with Gasteiger partial charge in [0, 0.05) is 18.1 Å². The van der Waals surface area contributed by atoms with Crippen LogP contribution in [0.3, 0.4) is 0 Å². The molecule has 3 rings (SSSR count). The Balaban J connectivity index is 2.03. The van der Waals surface area contributed by atoms with E-state index in [1.807, 2.05) is 48.1 Å². The summed E-state index contributed by atoms with van der Waals surface area (Å²) < 4.78 is 24.6. The van der Waals surface area contributed by atoms with Crippen molar-refractivity contribution in [2.24, 2.45) is 5.14 Å². The Morgan fingerprint density at radius 2 is 1.77 bits per heavy atom. The first kappa shape index (κ1) is 14.5. The van der Waals surface area contributed by atoms with Crippen LogP contribution in [0.4, 0.5) is 0 Å². The van der Waals surface area contributed by atoms with Crippen molar-refractivity contribution in [1.82, 2.24) is 9.55 Å². The molecular formula is C16H15N3O2S. The van der Waals surface area contributed by atoms with E-state index in [0.29, 0.717) is 0 Å². The summed E-state index contributed by atoms with van der Waals surface area (Å²) in [6, 6.07) is 14.3. The molecule has 112 valence electrons. The highest BCUT2D eigenvalue weighted by Crippen LogP contribution is 2.23. The number of aromatic nitrogens is 2. The topological polar surface area (TPSA) is 78.0 Å². The fourth-order valence-electron chi connectivity index (χ4n) is 2.23. The van der Waals surface area contributed by atoms with Crippen LogP contribution in [-0.4, -0.2) is 18.0 Å². The smallest absolute Gasteiger partial charge is 0.238 e. The number of hydrogen-bond acceptors (Lipinski definition) is 3. The maximum Gasteiger partial charge on any atom is 0.238 e. The molecule has 0 spiro atoms. The van der Waals surface area contributed by atoms with Crippen LogP contribution in [0.2, 0.25) is 0 Å². The fourth-order valence-corrected chi connectivity index (χ4v) is 2.75. The number of benzene rings is 1. The summed E-state index contributed by atoms with van der Waals surface area (Å²) >= 11 is 0. The number of nitrogens with two attached hydrogens (primary N) is 1. The lowest BCUT2D eigenvalue weighted by atomic mass is 10.2. The van der Waals surface area contributed by atoms with Crippen molar-refractivity contribution in [3.63, 3.8) is 0 Å². The summed E-state index contributed by atoms with van der Waals surface area (Å²) in [5.41, 5.74) is 3.73. The Morgan fingerprint density at radius 3 is 2.36 bits per heavy atom. The van der Waals surface area contributed by atoms with Gasteiger partial charge in [0.2, 0.25) is 10.0 Å². The zero-order valence-electron chi connectivity index (χ0n) is 12.0. The molecule has 0 aliphatic rings. The molecule has 0 aliphatic heterocycles. The zero-order valence-corrected chi connectivity index (χ0v) is 12.8. The molecule has 0 amide bonds. The standard InChI is InChI=1S/C16H15N3O2S/c1-12-4-9-15(18-11-12)16-3-2-10-19(16)13-5-7-14(8-6-13)22(17,20)21/h2-11H,1H3,(H2,17,20,21). The number of aryl methyl sites for hydroxylation is 1. The fraction of sp³-hybridized carbons (Fsp3) is 0.0625. The number of rotatable bonds is 3. The first-order valence-corrected chi connectivity index (χ1v) is 8.23. The highest BCUT2D eigenvalue weighted by Gasteiger charge is 2.10. The van der Waals surface area contributed by atoms with Crippen LogP contribution >= 0.6 is 0 Å². The molecule has 0 bridgehead atoms. The van der Waals surface area contributed by atoms with Crippen molar-refractivity contribution in [3.05, 3.63) is 66.5 Å². The van der Waals surface area contributed by atoms with Gasteiger partial charge in [-0.2, -0.15) is 0 Å². The summed E-state index contributed by atoms with van der Waals surface area (Å²) in [6.45, 7) is 1.99. The SMILES string of the molecule is Cc1ccc(-c2cccn2-c2ccc(S(N)(=O)=O)cc2)nc1. The van der Waals surface area contributed by atoms with Crippen molar-refractivity contribution >= 4 is 10.0 Å². The van der Waals surface area contributed by atoms with Crippen LogP contribution in [0.15, 0.2) is 65.8 Å². The third-order valence-electron chi connectivity index (χ3n) is 3.37. The van der Waals surface area contributed by atoms with E-state index in [2.05, 4.69) is 4.98 Å². The Morgan fingerprint density at radius 1 is 1.05 bits per heavy atom. The Labute approximate surface area is 129 Å². The Hall–Kier alpha value is -2.44. The highest BCUT2D eigenvalue weighted by atomic mass is 32.2. The quantitative estimate of drug-likeness (QED) is 0.807. The number of primary sulfonamides is 1. The molecular weight excluding hydrogens is 298 g/mol. The second-order valence-electron chi connectivity index (χ2n) is 5.02. The van der Waals surface area contributed by atoms with Crippen molar-refractivity contribution in [2.75, 3.05) is 0 Å². The lowest BCUT2D eigenvalue weighted by Gasteiger charge is -2.09. The number of hydrogen-bond donors (Lipinski definition) is 1. The summed E-state index contributed by atoms with van der Waals surface area (Å²) in [5.74, 6) is 0. The first-order valence-electron chi connectivity index (χ1n) is 6.69. The van der Waals surface area contributed by atoms with E-state index in [-0.39, 0.29) is 4.90 Å². The van der Waals surface area contributed by atoms with Gasteiger partial charge in [0.25, 0.3) is 0 Å². The maximum atomic E-state index is 11.3. The predicted octanol–water partition coefficient (Wildman–Crippen LogP) is 2.50. The van der Waals surface area contributed by atoms with Gasteiger partial charge in [0.05, 0.1) is 16.3 Å². The molecule has 0 aliphatic carbocycles. The molecule has 22 heavy (non-hydrogen) atoms. The second kappa shape index (κ2) is 5.40. The molecule has 6 heteroatoms. The Kier molecular flexibility index (Phi) is 3.56. The molecule has 1 aromatic carbocycles. The largest absolute Gasteiger partial charge is 0.315 e. The van der Waals surface area contributed by atoms with Gasteiger partial charge in [0.1, 0.15) is 0 Å². The highest BCUT2D eigenvalue weighted by molar-refractivity contribution is 7.89. The summed E-state index contributed by atoms with van der Waals surface area (Å²) in [5, 5.41) is 5.12. The summed E-state index contributed by atoms with van der Waals surface area (Å²) in [6.07, 6.45) is 3.72. The molecule has 0 saturated carbocycles. The van der Waals surface area contributed by atoms with Crippen molar-refractivity contribution in [1.29, 1.82) is 0 Å². The molecule has 5 nitrogen and oxygen atoms in total. The molecule has 0 saturated heterocycles. The van der Waals surface area contributed by atoms with E-state index in [1.54, 1.807) is 12.1 Å². The molecule has 2 N–H and O–H groups in total. The van der Waals surface area contributed by atoms with Gasteiger partial charge in [0.15, 0.2) is 0 Å². The third kappa shape index (κ3) is 2.79. The van der Waals surface area contributed by atoms with Crippen LogP contribution in [-0.2, 0) is 10.0 Å². The van der Waals surface area contributed by atoms with E-state index in [1.165, 1.54) is 12.1 Å². The van der Waals surface area contributed by atoms with Gasteiger partial charge in [-0.15, -0.1) is 0 Å².